The Morgan fingerprint density at radius 2 is 2.14 bits per heavy atom. The lowest BCUT2D eigenvalue weighted by Crippen LogP contribution is -2.22. The average Bonchev–Trinajstić information content (AvgIpc) is 3.01. The van der Waals surface area contributed by atoms with E-state index >= 15 is 0 Å². The molecule has 2 aromatic rings. The van der Waals surface area contributed by atoms with E-state index in [1.165, 1.54) is 5.56 Å². The largest absolute Gasteiger partial charge is 0.469 e. The fourth-order valence-corrected chi connectivity index (χ4v) is 3.23. The summed E-state index contributed by atoms with van der Waals surface area (Å²) in [5.41, 5.74) is 2.27. The van der Waals surface area contributed by atoms with Crippen molar-refractivity contribution in [2.45, 2.75) is 19.4 Å². The molecule has 4 heteroatoms. The van der Waals surface area contributed by atoms with Gasteiger partial charge in [-0.1, -0.05) is 30.3 Å². The Morgan fingerprint density at radius 1 is 1.33 bits per heavy atom. The van der Waals surface area contributed by atoms with Gasteiger partial charge in [0.15, 0.2) is 0 Å². The van der Waals surface area contributed by atoms with Gasteiger partial charge >= 0.3 is 0 Å². The van der Waals surface area contributed by atoms with Crippen molar-refractivity contribution in [2.24, 2.45) is 5.92 Å². The molecule has 1 fully saturated rings. The molecule has 3 rings (SSSR count). The van der Waals surface area contributed by atoms with E-state index in [2.05, 4.69) is 50.5 Å². The summed E-state index contributed by atoms with van der Waals surface area (Å²) in [6, 6.07) is 12.5. The van der Waals surface area contributed by atoms with E-state index in [4.69, 9.17) is 4.74 Å². The minimum absolute atomic E-state index is 0.0496. The van der Waals surface area contributed by atoms with Crippen molar-refractivity contribution in [3.8, 4) is 5.88 Å². The number of halogens is 1. The highest BCUT2D eigenvalue weighted by molar-refractivity contribution is 9.10. The van der Waals surface area contributed by atoms with Crippen molar-refractivity contribution in [2.75, 3.05) is 13.1 Å². The first-order valence-corrected chi connectivity index (χ1v) is 8.08. The highest BCUT2D eigenvalue weighted by atomic mass is 79.9. The van der Waals surface area contributed by atoms with Gasteiger partial charge in [-0.25, -0.2) is 4.98 Å². The highest BCUT2D eigenvalue weighted by Crippen LogP contribution is 2.32. The number of pyridine rings is 1. The molecule has 1 aromatic heterocycles. The van der Waals surface area contributed by atoms with Crippen molar-refractivity contribution >= 4 is 15.9 Å². The van der Waals surface area contributed by atoms with Crippen LogP contribution in [0.5, 0.6) is 5.88 Å². The molecular weight excluding hydrogens is 328 g/mol. The smallest absolute Gasteiger partial charge is 0.216 e. The van der Waals surface area contributed by atoms with E-state index in [0.29, 0.717) is 5.92 Å². The summed E-state index contributed by atoms with van der Waals surface area (Å²) in [6.45, 7) is 4.08. The Morgan fingerprint density at radius 3 is 2.81 bits per heavy atom. The second-order valence-corrected chi connectivity index (χ2v) is 6.39. The molecule has 2 heterocycles. The van der Waals surface area contributed by atoms with Crippen LogP contribution in [0.4, 0.5) is 0 Å². The Labute approximate surface area is 133 Å². The summed E-state index contributed by atoms with van der Waals surface area (Å²) >= 11 is 3.45. The monoisotopic (exact) mass is 346 g/mol. The molecule has 1 aliphatic heterocycles. The summed E-state index contributed by atoms with van der Waals surface area (Å²) in [6.07, 6.45) is 2.97. The van der Waals surface area contributed by atoms with Crippen LogP contribution in [-0.4, -0.2) is 18.1 Å². The Balaban J connectivity index is 1.88. The standard InChI is InChI=1S/C17H19BrN2O/c1-12-9-15(18)11-20-17(12)21-16(14-7-8-19-10-14)13-5-3-2-4-6-13/h2-6,9,11,14,16,19H,7-8,10H2,1H3/t14?,16-/m1/s1. The maximum Gasteiger partial charge on any atom is 0.216 e. The molecular formula is C17H19BrN2O. The summed E-state index contributed by atoms with van der Waals surface area (Å²) in [5.74, 6) is 1.20. The van der Waals surface area contributed by atoms with Crippen molar-refractivity contribution in [3.05, 3.63) is 58.2 Å². The number of rotatable bonds is 4. The van der Waals surface area contributed by atoms with Gasteiger partial charge in [0.1, 0.15) is 6.10 Å². The molecule has 2 atom stereocenters. The average molecular weight is 347 g/mol. The number of nitrogens with one attached hydrogen (secondary N) is 1. The molecule has 0 bridgehead atoms. The first kappa shape index (κ1) is 14.5. The zero-order valence-corrected chi connectivity index (χ0v) is 13.6. The molecule has 0 aliphatic carbocycles. The van der Waals surface area contributed by atoms with Crippen molar-refractivity contribution in [3.63, 3.8) is 0 Å². The normalized spacial score (nSPS) is 19.4. The van der Waals surface area contributed by atoms with Gasteiger partial charge in [0.2, 0.25) is 5.88 Å². The summed E-state index contributed by atoms with van der Waals surface area (Å²) in [5, 5.41) is 3.42. The van der Waals surface area contributed by atoms with Crippen molar-refractivity contribution in [1.29, 1.82) is 0 Å². The number of nitrogens with zero attached hydrogens (tertiary/aromatic N) is 1. The van der Waals surface area contributed by atoms with Crippen LogP contribution in [0.3, 0.4) is 0 Å². The fraction of sp³-hybridized carbons (Fsp3) is 0.353. The van der Waals surface area contributed by atoms with E-state index in [1.807, 2.05) is 19.1 Å². The van der Waals surface area contributed by atoms with Crippen molar-refractivity contribution < 1.29 is 4.74 Å². The maximum atomic E-state index is 6.30. The quantitative estimate of drug-likeness (QED) is 0.911. The van der Waals surface area contributed by atoms with Crippen LogP contribution in [0, 0.1) is 12.8 Å². The van der Waals surface area contributed by atoms with Gasteiger partial charge in [0.25, 0.3) is 0 Å². The first-order valence-electron chi connectivity index (χ1n) is 7.28. The number of hydrogen-bond acceptors (Lipinski definition) is 3. The van der Waals surface area contributed by atoms with Gasteiger partial charge in [0.05, 0.1) is 0 Å². The SMILES string of the molecule is Cc1cc(Br)cnc1O[C@H](c1ccccc1)C1CCNC1. The molecule has 1 N–H and O–H groups in total. The molecule has 0 saturated carbocycles. The van der Waals surface area contributed by atoms with Crippen LogP contribution >= 0.6 is 15.9 Å². The molecule has 0 amide bonds. The Kier molecular flexibility index (Phi) is 4.56. The van der Waals surface area contributed by atoms with Crippen LogP contribution < -0.4 is 10.1 Å². The number of aryl methyl sites for hydroxylation is 1. The zero-order chi connectivity index (χ0) is 14.7. The van der Waals surface area contributed by atoms with Gasteiger partial charge in [-0.3, -0.25) is 0 Å². The van der Waals surface area contributed by atoms with Gasteiger partial charge < -0.3 is 10.1 Å². The minimum atomic E-state index is 0.0496. The predicted octanol–water partition coefficient (Wildman–Crippen LogP) is 3.88. The molecule has 0 spiro atoms. The molecule has 1 aliphatic rings. The fourth-order valence-electron chi connectivity index (χ4n) is 2.79. The Bertz CT molecular complexity index is 597. The number of hydrogen-bond donors (Lipinski definition) is 1. The van der Waals surface area contributed by atoms with E-state index < -0.39 is 0 Å². The summed E-state index contributed by atoms with van der Waals surface area (Å²) < 4.78 is 7.28. The van der Waals surface area contributed by atoms with Crippen LogP contribution in [0.1, 0.15) is 23.7 Å². The van der Waals surface area contributed by atoms with Crippen LogP contribution in [0.15, 0.2) is 47.1 Å². The maximum absolute atomic E-state index is 6.30. The van der Waals surface area contributed by atoms with E-state index in [0.717, 1.165) is 35.4 Å². The second kappa shape index (κ2) is 6.58. The topological polar surface area (TPSA) is 34.1 Å². The van der Waals surface area contributed by atoms with Crippen LogP contribution in [0.25, 0.3) is 0 Å². The lowest BCUT2D eigenvalue weighted by atomic mass is 9.95. The van der Waals surface area contributed by atoms with E-state index in [-0.39, 0.29) is 6.10 Å². The third-order valence-corrected chi connectivity index (χ3v) is 4.32. The molecule has 1 unspecified atom stereocenters. The zero-order valence-electron chi connectivity index (χ0n) is 12.1. The third-order valence-electron chi connectivity index (χ3n) is 3.89. The highest BCUT2D eigenvalue weighted by Gasteiger charge is 2.28. The summed E-state index contributed by atoms with van der Waals surface area (Å²) in [4.78, 5) is 4.43. The Hall–Kier alpha value is -1.39. The molecule has 110 valence electrons. The third kappa shape index (κ3) is 3.44. The lowest BCUT2D eigenvalue weighted by molar-refractivity contribution is 0.137. The number of benzene rings is 1. The van der Waals surface area contributed by atoms with Gasteiger partial charge in [-0.2, -0.15) is 0 Å². The predicted molar refractivity (Wildman–Crippen MR) is 87.5 cm³/mol. The lowest BCUT2D eigenvalue weighted by Gasteiger charge is -2.25. The van der Waals surface area contributed by atoms with Gasteiger partial charge in [-0.15, -0.1) is 0 Å². The van der Waals surface area contributed by atoms with Crippen molar-refractivity contribution in [1.82, 2.24) is 10.3 Å². The molecule has 0 radical (unpaired) electrons. The van der Waals surface area contributed by atoms with Crippen LogP contribution in [-0.2, 0) is 0 Å². The molecule has 1 aromatic carbocycles. The summed E-state index contributed by atoms with van der Waals surface area (Å²) in [7, 11) is 0. The van der Waals surface area contributed by atoms with E-state index in [9.17, 15) is 0 Å². The van der Waals surface area contributed by atoms with Crippen LogP contribution in [0.2, 0.25) is 0 Å². The van der Waals surface area contributed by atoms with Gasteiger partial charge in [0, 0.05) is 28.7 Å². The molecule has 3 nitrogen and oxygen atoms in total. The van der Waals surface area contributed by atoms with E-state index in [1.54, 1.807) is 6.20 Å². The molecule has 21 heavy (non-hydrogen) atoms. The second-order valence-electron chi connectivity index (χ2n) is 5.48. The minimum Gasteiger partial charge on any atom is -0.469 e. The molecule has 1 saturated heterocycles. The first-order chi connectivity index (χ1) is 10.2. The number of ether oxygens (including phenoxy) is 1. The number of aromatic nitrogens is 1. The van der Waals surface area contributed by atoms with Gasteiger partial charge in [-0.05, 0) is 47.4 Å².